The van der Waals surface area contributed by atoms with E-state index in [4.69, 9.17) is 4.52 Å². The van der Waals surface area contributed by atoms with Crippen molar-refractivity contribution >= 4 is 5.96 Å². The third-order valence-electron chi connectivity index (χ3n) is 4.97. The van der Waals surface area contributed by atoms with Gasteiger partial charge in [-0.3, -0.25) is 4.99 Å². The number of hydrogen-bond donors (Lipinski definition) is 1. The molecule has 1 aromatic heterocycles. The van der Waals surface area contributed by atoms with Crippen LogP contribution >= 0.6 is 0 Å². The number of benzene rings is 1. The second-order valence-electron chi connectivity index (χ2n) is 6.55. The second kappa shape index (κ2) is 8.14. The van der Waals surface area contributed by atoms with E-state index in [0.29, 0.717) is 30.1 Å². The van der Waals surface area contributed by atoms with E-state index in [1.54, 1.807) is 6.92 Å². The Bertz CT molecular complexity index is 697. The van der Waals surface area contributed by atoms with Crippen LogP contribution in [0.25, 0.3) is 0 Å². The van der Waals surface area contributed by atoms with Crippen LogP contribution in [0.15, 0.2) is 39.8 Å². The van der Waals surface area contributed by atoms with Crippen molar-refractivity contribution in [2.24, 2.45) is 10.9 Å². The molecule has 2 aromatic rings. The minimum atomic E-state index is 0.527. The fraction of sp³-hybridized carbons (Fsp3) is 0.526. The molecule has 0 saturated carbocycles. The Hall–Kier alpha value is -2.37. The minimum Gasteiger partial charge on any atom is -0.349 e. The summed E-state index contributed by atoms with van der Waals surface area (Å²) >= 11 is 0. The Morgan fingerprint density at radius 2 is 2.16 bits per heavy atom. The van der Waals surface area contributed by atoms with Gasteiger partial charge in [0.15, 0.2) is 11.8 Å². The minimum absolute atomic E-state index is 0.527. The maximum atomic E-state index is 5.02. The summed E-state index contributed by atoms with van der Waals surface area (Å²) < 4.78 is 5.02. The molecule has 0 amide bonds. The van der Waals surface area contributed by atoms with Gasteiger partial charge in [0.05, 0.1) is 6.54 Å². The van der Waals surface area contributed by atoms with Gasteiger partial charge in [0.25, 0.3) is 0 Å². The summed E-state index contributed by atoms with van der Waals surface area (Å²) in [5, 5.41) is 7.29. The molecule has 3 rings (SSSR count). The topological polar surface area (TPSA) is 66.5 Å². The van der Waals surface area contributed by atoms with Crippen molar-refractivity contribution in [1.29, 1.82) is 0 Å². The van der Waals surface area contributed by atoms with E-state index in [2.05, 4.69) is 62.6 Å². The third-order valence-corrected chi connectivity index (χ3v) is 4.97. The van der Waals surface area contributed by atoms with Gasteiger partial charge in [-0.05, 0) is 23.8 Å². The van der Waals surface area contributed by atoms with Crippen molar-refractivity contribution in [3.63, 3.8) is 0 Å². The predicted molar refractivity (Wildman–Crippen MR) is 98.4 cm³/mol. The van der Waals surface area contributed by atoms with E-state index in [1.807, 2.05) is 7.05 Å². The van der Waals surface area contributed by atoms with Crippen molar-refractivity contribution < 1.29 is 4.52 Å². The van der Waals surface area contributed by atoms with E-state index in [1.165, 1.54) is 5.56 Å². The Morgan fingerprint density at radius 1 is 1.36 bits per heavy atom. The quantitative estimate of drug-likeness (QED) is 0.684. The highest BCUT2D eigenvalue weighted by atomic mass is 16.5. The summed E-state index contributed by atoms with van der Waals surface area (Å²) in [5.41, 5.74) is 1.46. The summed E-state index contributed by atoms with van der Waals surface area (Å²) in [5.74, 6) is 3.40. The van der Waals surface area contributed by atoms with Crippen molar-refractivity contribution in [3.8, 4) is 0 Å². The zero-order chi connectivity index (χ0) is 17.6. The summed E-state index contributed by atoms with van der Waals surface area (Å²) in [6, 6.07) is 10.9. The molecule has 2 unspecified atom stereocenters. The maximum Gasteiger partial charge on any atom is 0.223 e. The molecule has 25 heavy (non-hydrogen) atoms. The van der Waals surface area contributed by atoms with Gasteiger partial charge in [-0.2, -0.15) is 4.98 Å². The highest BCUT2D eigenvalue weighted by Crippen LogP contribution is 2.34. The number of hydrogen-bond acceptors (Lipinski definition) is 4. The SMILES string of the molecule is CCC1CN(C(=NC)NCc2noc(C)n2)CCC1c1ccccc1. The molecule has 1 saturated heterocycles. The normalized spacial score (nSPS) is 21.4. The van der Waals surface area contributed by atoms with Gasteiger partial charge in [0.2, 0.25) is 5.89 Å². The molecule has 2 heterocycles. The van der Waals surface area contributed by atoms with Gasteiger partial charge in [-0.1, -0.05) is 48.8 Å². The van der Waals surface area contributed by atoms with E-state index in [9.17, 15) is 0 Å². The smallest absolute Gasteiger partial charge is 0.223 e. The van der Waals surface area contributed by atoms with E-state index in [0.717, 1.165) is 31.9 Å². The summed E-state index contributed by atoms with van der Waals surface area (Å²) in [6.45, 7) is 6.62. The van der Waals surface area contributed by atoms with Gasteiger partial charge in [0.1, 0.15) is 0 Å². The number of nitrogens with zero attached hydrogens (tertiary/aromatic N) is 4. The van der Waals surface area contributed by atoms with Crippen LogP contribution in [0.4, 0.5) is 0 Å². The first-order chi connectivity index (χ1) is 12.2. The summed E-state index contributed by atoms with van der Waals surface area (Å²) in [4.78, 5) is 11.0. The van der Waals surface area contributed by atoms with Gasteiger partial charge < -0.3 is 14.7 Å². The van der Waals surface area contributed by atoms with Crippen LogP contribution in [0.1, 0.15) is 43.0 Å². The number of rotatable bonds is 4. The van der Waals surface area contributed by atoms with Gasteiger partial charge in [-0.25, -0.2) is 0 Å². The Morgan fingerprint density at radius 3 is 2.80 bits per heavy atom. The van der Waals surface area contributed by atoms with E-state index in [-0.39, 0.29) is 0 Å². The van der Waals surface area contributed by atoms with Crippen LogP contribution in [0.3, 0.4) is 0 Å². The number of aromatic nitrogens is 2. The molecule has 134 valence electrons. The number of aliphatic imine (C=N–C) groups is 1. The molecule has 0 bridgehead atoms. The van der Waals surface area contributed by atoms with Crippen LogP contribution < -0.4 is 5.32 Å². The molecule has 1 aromatic carbocycles. The van der Waals surface area contributed by atoms with Crippen molar-refractivity contribution in [2.45, 2.75) is 39.2 Å². The monoisotopic (exact) mass is 341 g/mol. The molecule has 0 radical (unpaired) electrons. The van der Waals surface area contributed by atoms with Crippen LogP contribution in [-0.2, 0) is 6.54 Å². The molecular weight excluding hydrogens is 314 g/mol. The van der Waals surface area contributed by atoms with Crippen LogP contribution in [0.2, 0.25) is 0 Å². The molecular formula is C19H27N5O. The molecule has 1 aliphatic rings. The number of likely N-dealkylation sites (tertiary alicyclic amines) is 1. The van der Waals surface area contributed by atoms with Gasteiger partial charge in [0, 0.05) is 27.1 Å². The molecule has 0 aliphatic carbocycles. The van der Waals surface area contributed by atoms with Crippen LogP contribution in [0.5, 0.6) is 0 Å². The molecule has 1 aliphatic heterocycles. The lowest BCUT2D eigenvalue weighted by atomic mass is 9.79. The highest BCUT2D eigenvalue weighted by Gasteiger charge is 2.30. The van der Waals surface area contributed by atoms with Crippen molar-refractivity contribution in [1.82, 2.24) is 20.4 Å². The lowest BCUT2D eigenvalue weighted by molar-refractivity contribution is 0.215. The lowest BCUT2D eigenvalue weighted by Crippen LogP contribution is -2.48. The predicted octanol–water partition coefficient (Wildman–Crippen LogP) is 2.97. The summed E-state index contributed by atoms with van der Waals surface area (Å²) in [7, 11) is 1.83. The molecule has 1 N–H and O–H groups in total. The highest BCUT2D eigenvalue weighted by molar-refractivity contribution is 5.79. The van der Waals surface area contributed by atoms with Crippen molar-refractivity contribution in [3.05, 3.63) is 47.6 Å². The number of guanidine groups is 1. The zero-order valence-electron chi connectivity index (χ0n) is 15.3. The Balaban J connectivity index is 1.63. The standard InChI is InChI=1S/C19H27N5O/c1-4-15-13-24(11-10-17(15)16-8-6-5-7-9-16)19(20-3)21-12-18-22-14(2)25-23-18/h5-9,15,17H,4,10-13H2,1-3H3,(H,20,21). The second-order valence-corrected chi connectivity index (χ2v) is 6.55. The fourth-order valence-corrected chi connectivity index (χ4v) is 3.68. The van der Waals surface area contributed by atoms with Crippen LogP contribution in [0, 0.1) is 12.8 Å². The van der Waals surface area contributed by atoms with Crippen molar-refractivity contribution in [2.75, 3.05) is 20.1 Å². The number of aryl methyl sites for hydroxylation is 1. The molecule has 1 fully saturated rings. The average molecular weight is 341 g/mol. The first kappa shape index (κ1) is 17.5. The van der Waals surface area contributed by atoms with Crippen LogP contribution in [-0.4, -0.2) is 41.1 Å². The third kappa shape index (κ3) is 4.18. The van der Waals surface area contributed by atoms with E-state index < -0.39 is 0 Å². The van der Waals surface area contributed by atoms with E-state index >= 15 is 0 Å². The molecule has 2 atom stereocenters. The largest absolute Gasteiger partial charge is 0.349 e. The number of piperidine rings is 1. The summed E-state index contributed by atoms with van der Waals surface area (Å²) in [6.07, 6.45) is 2.31. The van der Waals surface area contributed by atoms with Gasteiger partial charge in [-0.15, -0.1) is 0 Å². The zero-order valence-corrected chi connectivity index (χ0v) is 15.3. The molecule has 6 heteroatoms. The first-order valence-electron chi connectivity index (χ1n) is 9.01. The maximum absolute atomic E-state index is 5.02. The fourth-order valence-electron chi connectivity index (χ4n) is 3.68. The Kier molecular flexibility index (Phi) is 5.68. The van der Waals surface area contributed by atoms with Gasteiger partial charge >= 0.3 is 0 Å². The average Bonchev–Trinajstić information content (AvgIpc) is 3.08. The molecule has 6 nitrogen and oxygen atoms in total. The molecule has 0 spiro atoms. The lowest BCUT2D eigenvalue weighted by Gasteiger charge is -2.40. The Labute approximate surface area is 149 Å². The first-order valence-corrected chi connectivity index (χ1v) is 9.01. The number of nitrogens with one attached hydrogen (secondary N) is 1.